The van der Waals surface area contributed by atoms with Crippen molar-refractivity contribution in [2.24, 2.45) is 0 Å². The Bertz CT molecular complexity index is 660. The van der Waals surface area contributed by atoms with Crippen LogP contribution in [-0.4, -0.2) is 18.3 Å². The number of carbonyl (C=O) groups is 1. The van der Waals surface area contributed by atoms with Gasteiger partial charge in [-0.15, -0.1) is 11.8 Å². The molecule has 1 amide bonds. The highest BCUT2D eigenvalue weighted by atomic mass is 35.5. The molecule has 0 saturated carbocycles. The zero-order valence-electron chi connectivity index (χ0n) is 13.4. The molecule has 0 aromatic heterocycles. The molecule has 5 heteroatoms. The zero-order chi connectivity index (χ0) is 16.8. The molecule has 122 valence electrons. The first-order chi connectivity index (χ1) is 11.0. The van der Waals surface area contributed by atoms with Crippen molar-refractivity contribution in [3.05, 3.63) is 59.1 Å². The third-order valence-corrected chi connectivity index (χ3v) is 4.82. The lowest BCUT2D eigenvalue weighted by molar-refractivity contribution is -0.120. The van der Waals surface area contributed by atoms with E-state index in [0.29, 0.717) is 5.02 Å². The molecule has 0 fully saturated rings. The van der Waals surface area contributed by atoms with E-state index in [0.717, 1.165) is 16.2 Å². The number of halogens is 1. The minimum atomic E-state index is -0.201. The molecule has 0 heterocycles. The van der Waals surface area contributed by atoms with Crippen molar-refractivity contribution >= 4 is 29.3 Å². The van der Waals surface area contributed by atoms with Crippen LogP contribution >= 0.6 is 23.4 Å². The number of thioether (sulfide) groups is 1. The van der Waals surface area contributed by atoms with Gasteiger partial charge in [0.25, 0.3) is 0 Å². The van der Waals surface area contributed by atoms with Crippen molar-refractivity contribution < 1.29 is 9.53 Å². The Morgan fingerprint density at radius 2 is 1.78 bits per heavy atom. The highest BCUT2D eigenvalue weighted by Gasteiger charge is 2.19. The molecule has 0 unspecified atom stereocenters. The standard InChI is InChI=1S/C18H20ClNO2S/c1-12(16-6-4-5-7-17(16)22-3)20-18(21)13(2)23-15-10-8-14(19)9-11-15/h4-13H,1-3H3,(H,20,21)/t12-,13+/m0/s1. The second-order valence-electron chi connectivity index (χ2n) is 5.19. The van der Waals surface area contributed by atoms with Crippen molar-refractivity contribution in [1.82, 2.24) is 5.32 Å². The van der Waals surface area contributed by atoms with Gasteiger partial charge in [0.2, 0.25) is 5.91 Å². The van der Waals surface area contributed by atoms with E-state index in [1.165, 1.54) is 11.8 Å². The van der Waals surface area contributed by atoms with Crippen molar-refractivity contribution in [3.8, 4) is 5.75 Å². The molecule has 23 heavy (non-hydrogen) atoms. The van der Waals surface area contributed by atoms with Crippen LogP contribution < -0.4 is 10.1 Å². The Balaban J connectivity index is 1.98. The largest absolute Gasteiger partial charge is 0.496 e. The van der Waals surface area contributed by atoms with Gasteiger partial charge in [-0.05, 0) is 44.2 Å². The summed E-state index contributed by atoms with van der Waals surface area (Å²) < 4.78 is 5.35. The SMILES string of the molecule is COc1ccccc1[C@H](C)NC(=O)[C@@H](C)Sc1ccc(Cl)cc1. The fraction of sp³-hybridized carbons (Fsp3) is 0.278. The number of ether oxygens (including phenoxy) is 1. The summed E-state index contributed by atoms with van der Waals surface area (Å²) in [5, 5.41) is 3.53. The maximum Gasteiger partial charge on any atom is 0.233 e. The summed E-state index contributed by atoms with van der Waals surface area (Å²) in [5.74, 6) is 0.765. The molecule has 0 aliphatic rings. The first kappa shape index (κ1) is 17.7. The monoisotopic (exact) mass is 349 g/mol. The van der Waals surface area contributed by atoms with Gasteiger partial charge in [-0.25, -0.2) is 0 Å². The van der Waals surface area contributed by atoms with Crippen molar-refractivity contribution in [2.75, 3.05) is 7.11 Å². The summed E-state index contributed by atoms with van der Waals surface area (Å²) in [6.45, 7) is 3.85. The Morgan fingerprint density at radius 3 is 2.43 bits per heavy atom. The number of nitrogens with one attached hydrogen (secondary N) is 1. The number of hydrogen-bond acceptors (Lipinski definition) is 3. The first-order valence-corrected chi connectivity index (χ1v) is 8.62. The zero-order valence-corrected chi connectivity index (χ0v) is 14.9. The molecule has 2 atom stereocenters. The Morgan fingerprint density at radius 1 is 1.13 bits per heavy atom. The van der Waals surface area contributed by atoms with Gasteiger partial charge in [0, 0.05) is 15.5 Å². The molecule has 0 saturated heterocycles. The first-order valence-electron chi connectivity index (χ1n) is 7.36. The van der Waals surface area contributed by atoms with Gasteiger partial charge in [-0.3, -0.25) is 4.79 Å². The van der Waals surface area contributed by atoms with Gasteiger partial charge in [0.05, 0.1) is 18.4 Å². The van der Waals surface area contributed by atoms with E-state index in [1.807, 2.05) is 62.4 Å². The van der Waals surface area contributed by atoms with E-state index in [9.17, 15) is 4.79 Å². The summed E-state index contributed by atoms with van der Waals surface area (Å²) >= 11 is 7.38. The molecular formula is C18H20ClNO2S. The van der Waals surface area contributed by atoms with E-state index < -0.39 is 0 Å². The normalized spacial score (nSPS) is 13.2. The quantitative estimate of drug-likeness (QED) is 0.768. The summed E-state index contributed by atoms with van der Waals surface area (Å²) in [7, 11) is 1.63. The molecule has 2 aromatic rings. The minimum absolute atomic E-state index is 0.0108. The van der Waals surface area contributed by atoms with Crippen LogP contribution in [0.2, 0.25) is 5.02 Å². The van der Waals surface area contributed by atoms with Gasteiger partial charge < -0.3 is 10.1 Å². The second-order valence-corrected chi connectivity index (χ2v) is 7.04. The maximum absolute atomic E-state index is 12.4. The predicted molar refractivity (Wildman–Crippen MR) is 96.3 cm³/mol. The fourth-order valence-electron chi connectivity index (χ4n) is 2.20. The Kier molecular flexibility index (Phi) is 6.37. The van der Waals surface area contributed by atoms with Crippen molar-refractivity contribution in [1.29, 1.82) is 0 Å². The molecule has 0 spiro atoms. The third kappa shape index (κ3) is 4.91. The number of carbonyl (C=O) groups excluding carboxylic acids is 1. The predicted octanol–water partition coefficient (Wildman–Crippen LogP) is 4.71. The average Bonchev–Trinajstić information content (AvgIpc) is 2.56. The van der Waals surface area contributed by atoms with Crippen molar-refractivity contribution in [2.45, 2.75) is 30.0 Å². The van der Waals surface area contributed by atoms with Gasteiger partial charge in [0.1, 0.15) is 5.75 Å². The van der Waals surface area contributed by atoms with Crippen LogP contribution in [-0.2, 0) is 4.79 Å². The van der Waals surface area contributed by atoms with Crippen LogP contribution in [0.15, 0.2) is 53.4 Å². The van der Waals surface area contributed by atoms with Crippen LogP contribution in [0.25, 0.3) is 0 Å². The number of methoxy groups -OCH3 is 1. The molecule has 0 aliphatic heterocycles. The molecule has 0 radical (unpaired) electrons. The van der Waals surface area contributed by atoms with Crippen molar-refractivity contribution in [3.63, 3.8) is 0 Å². The maximum atomic E-state index is 12.4. The third-order valence-electron chi connectivity index (χ3n) is 3.46. The van der Waals surface area contributed by atoms with Gasteiger partial charge in [-0.1, -0.05) is 29.8 Å². The van der Waals surface area contributed by atoms with E-state index in [-0.39, 0.29) is 17.2 Å². The van der Waals surface area contributed by atoms with Crippen LogP contribution in [0, 0.1) is 0 Å². The van der Waals surface area contributed by atoms with Gasteiger partial charge in [-0.2, -0.15) is 0 Å². The Hall–Kier alpha value is -1.65. The van der Waals surface area contributed by atoms with Gasteiger partial charge in [0.15, 0.2) is 0 Å². The van der Waals surface area contributed by atoms with E-state index >= 15 is 0 Å². The number of amides is 1. The fourth-order valence-corrected chi connectivity index (χ4v) is 3.21. The minimum Gasteiger partial charge on any atom is -0.496 e. The van der Waals surface area contributed by atoms with E-state index in [1.54, 1.807) is 7.11 Å². The molecular weight excluding hydrogens is 330 g/mol. The van der Waals surface area contributed by atoms with Crippen LogP contribution in [0.4, 0.5) is 0 Å². The number of benzene rings is 2. The lowest BCUT2D eigenvalue weighted by atomic mass is 10.1. The number of rotatable bonds is 6. The molecule has 2 aromatic carbocycles. The smallest absolute Gasteiger partial charge is 0.233 e. The summed E-state index contributed by atoms with van der Waals surface area (Å²) in [4.78, 5) is 13.4. The number of para-hydroxylation sites is 1. The highest BCUT2D eigenvalue weighted by molar-refractivity contribution is 8.00. The molecule has 2 rings (SSSR count). The lowest BCUT2D eigenvalue weighted by Gasteiger charge is -2.19. The molecule has 0 aliphatic carbocycles. The average molecular weight is 350 g/mol. The molecule has 3 nitrogen and oxygen atoms in total. The summed E-state index contributed by atoms with van der Waals surface area (Å²) in [5.41, 5.74) is 0.965. The van der Waals surface area contributed by atoms with E-state index in [2.05, 4.69) is 5.32 Å². The van der Waals surface area contributed by atoms with E-state index in [4.69, 9.17) is 16.3 Å². The van der Waals surface area contributed by atoms with Crippen LogP contribution in [0.5, 0.6) is 5.75 Å². The lowest BCUT2D eigenvalue weighted by Crippen LogP contribution is -2.33. The summed E-state index contributed by atoms with van der Waals surface area (Å²) in [6.07, 6.45) is 0. The highest BCUT2D eigenvalue weighted by Crippen LogP contribution is 2.27. The Labute approximate surface area is 146 Å². The number of hydrogen-bond donors (Lipinski definition) is 1. The second kappa shape index (κ2) is 8.27. The topological polar surface area (TPSA) is 38.3 Å². The van der Waals surface area contributed by atoms with Gasteiger partial charge >= 0.3 is 0 Å². The van der Waals surface area contributed by atoms with Crippen LogP contribution in [0.3, 0.4) is 0 Å². The van der Waals surface area contributed by atoms with Crippen LogP contribution in [0.1, 0.15) is 25.5 Å². The molecule has 0 bridgehead atoms. The summed E-state index contributed by atoms with van der Waals surface area (Å²) in [6, 6.07) is 15.1. The molecule has 1 N–H and O–H groups in total.